The summed E-state index contributed by atoms with van der Waals surface area (Å²) in [5, 5.41) is 0. The van der Waals surface area contributed by atoms with E-state index in [9.17, 15) is 13.6 Å². The Kier molecular flexibility index (Phi) is 4.49. The third-order valence-corrected chi connectivity index (χ3v) is 3.18. The van der Waals surface area contributed by atoms with Crippen LogP contribution in [0.2, 0.25) is 0 Å². The summed E-state index contributed by atoms with van der Waals surface area (Å²) in [6, 6.07) is 9.59. The molecule has 0 aliphatic carbocycles. The van der Waals surface area contributed by atoms with Gasteiger partial charge in [-0.15, -0.1) is 0 Å². The second-order valence-corrected chi connectivity index (χ2v) is 5.15. The Balaban J connectivity index is 2.13. The molecule has 0 bridgehead atoms. The molecule has 0 aliphatic heterocycles. The van der Waals surface area contributed by atoms with Crippen LogP contribution in [0.4, 0.5) is 8.78 Å². The van der Waals surface area contributed by atoms with Gasteiger partial charge in [-0.3, -0.25) is 4.79 Å². The van der Waals surface area contributed by atoms with E-state index in [0.717, 1.165) is 22.7 Å². The third kappa shape index (κ3) is 3.63. The van der Waals surface area contributed by atoms with Crippen LogP contribution in [0, 0.1) is 11.6 Å². The average molecular weight is 341 g/mol. The highest BCUT2D eigenvalue weighted by Crippen LogP contribution is 2.19. The molecule has 0 radical (unpaired) electrons. The number of benzene rings is 2. The number of halogens is 3. The molecule has 0 aromatic heterocycles. The SMILES string of the molecule is CC(Oc1cc(F)cc(F)c1)C(=O)c1ccc(Br)cc1. The van der Waals surface area contributed by atoms with Crippen LogP contribution in [-0.2, 0) is 0 Å². The van der Waals surface area contributed by atoms with Crippen molar-refractivity contribution in [3.8, 4) is 5.75 Å². The van der Waals surface area contributed by atoms with Gasteiger partial charge in [-0.2, -0.15) is 0 Å². The molecule has 2 rings (SSSR count). The Labute approximate surface area is 123 Å². The summed E-state index contributed by atoms with van der Waals surface area (Å²) in [5.41, 5.74) is 0.470. The quantitative estimate of drug-likeness (QED) is 0.772. The third-order valence-electron chi connectivity index (χ3n) is 2.65. The average Bonchev–Trinajstić information content (AvgIpc) is 2.37. The number of carbonyl (C=O) groups is 1. The molecular formula is C15H11BrF2O2. The zero-order chi connectivity index (χ0) is 14.7. The smallest absolute Gasteiger partial charge is 0.202 e. The lowest BCUT2D eigenvalue weighted by Gasteiger charge is -2.14. The van der Waals surface area contributed by atoms with Crippen molar-refractivity contribution in [2.75, 3.05) is 0 Å². The maximum Gasteiger partial charge on any atom is 0.202 e. The fourth-order valence-electron chi connectivity index (χ4n) is 1.70. The van der Waals surface area contributed by atoms with Crippen LogP contribution in [-0.4, -0.2) is 11.9 Å². The molecular weight excluding hydrogens is 330 g/mol. The topological polar surface area (TPSA) is 26.3 Å². The molecule has 2 nitrogen and oxygen atoms in total. The van der Waals surface area contributed by atoms with Crippen LogP contribution in [0.25, 0.3) is 0 Å². The minimum atomic E-state index is -0.836. The Bertz CT molecular complexity index is 606. The van der Waals surface area contributed by atoms with Gasteiger partial charge in [-0.1, -0.05) is 28.1 Å². The zero-order valence-corrected chi connectivity index (χ0v) is 12.2. The summed E-state index contributed by atoms with van der Waals surface area (Å²) in [6.45, 7) is 1.53. The van der Waals surface area contributed by atoms with Crippen molar-refractivity contribution in [1.82, 2.24) is 0 Å². The highest BCUT2D eigenvalue weighted by atomic mass is 79.9. The van der Waals surface area contributed by atoms with Gasteiger partial charge < -0.3 is 4.74 Å². The van der Waals surface area contributed by atoms with Crippen LogP contribution in [0.15, 0.2) is 46.9 Å². The Morgan fingerprint density at radius 2 is 1.65 bits per heavy atom. The highest BCUT2D eigenvalue weighted by Gasteiger charge is 2.17. The number of rotatable bonds is 4. The molecule has 0 saturated heterocycles. The first-order valence-electron chi connectivity index (χ1n) is 5.88. The molecule has 0 saturated carbocycles. The first-order valence-corrected chi connectivity index (χ1v) is 6.67. The first kappa shape index (κ1) is 14.7. The molecule has 0 amide bonds. The second-order valence-electron chi connectivity index (χ2n) is 4.24. The van der Waals surface area contributed by atoms with Crippen LogP contribution < -0.4 is 4.74 Å². The number of ether oxygens (including phenoxy) is 1. The van der Waals surface area contributed by atoms with Gasteiger partial charge in [0.25, 0.3) is 0 Å². The maximum atomic E-state index is 13.0. The largest absolute Gasteiger partial charge is 0.482 e. The van der Waals surface area contributed by atoms with E-state index < -0.39 is 17.7 Å². The molecule has 104 valence electrons. The molecule has 0 N–H and O–H groups in total. The van der Waals surface area contributed by atoms with Gasteiger partial charge in [0.05, 0.1) is 0 Å². The molecule has 0 fully saturated rings. The van der Waals surface area contributed by atoms with E-state index in [1.165, 1.54) is 6.92 Å². The summed E-state index contributed by atoms with van der Waals surface area (Å²) < 4.78 is 32.2. The Morgan fingerprint density at radius 1 is 1.10 bits per heavy atom. The van der Waals surface area contributed by atoms with E-state index in [4.69, 9.17) is 4.74 Å². The van der Waals surface area contributed by atoms with Crippen molar-refractivity contribution < 1.29 is 18.3 Å². The summed E-state index contributed by atoms with van der Waals surface area (Å²) in [6.07, 6.45) is -0.836. The van der Waals surface area contributed by atoms with Crippen molar-refractivity contribution in [1.29, 1.82) is 0 Å². The Morgan fingerprint density at radius 3 is 2.20 bits per heavy atom. The van der Waals surface area contributed by atoms with Gasteiger partial charge in [-0.25, -0.2) is 8.78 Å². The van der Waals surface area contributed by atoms with Gasteiger partial charge in [0.1, 0.15) is 17.4 Å². The molecule has 0 heterocycles. The molecule has 0 spiro atoms. The van der Waals surface area contributed by atoms with E-state index in [1.807, 2.05) is 0 Å². The first-order chi connectivity index (χ1) is 9.45. The fourth-order valence-corrected chi connectivity index (χ4v) is 1.97. The van der Waals surface area contributed by atoms with Gasteiger partial charge >= 0.3 is 0 Å². The molecule has 2 aromatic carbocycles. The van der Waals surface area contributed by atoms with Gasteiger partial charge in [0.15, 0.2) is 6.10 Å². The summed E-state index contributed by atoms with van der Waals surface area (Å²) in [5.74, 6) is -1.77. The maximum absolute atomic E-state index is 13.0. The summed E-state index contributed by atoms with van der Waals surface area (Å²) in [4.78, 5) is 12.1. The molecule has 1 unspecified atom stereocenters. The van der Waals surface area contributed by atoms with Crippen LogP contribution in [0.1, 0.15) is 17.3 Å². The van der Waals surface area contributed by atoms with E-state index >= 15 is 0 Å². The van der Waals surface area contributed by atoms with E-state index in [2.05, 4.69) is 15.9 Å². The second kappa shape index (κ2) is 6.13. The minimum absolute atomic E-state index is 0.0135. The van der Waals surface area contributed by atoms with Gasteiger partial charge in [0, 0.05) is 28.2 Å². The van der Waals surface area contributed by atoms with Crippen molar-refractivity contribution in [2.24, 2.45) is 0 Å². The monoisotopic (exact) mass is 340 g/mol. The van der Waals surface area contributed by atoms with E-state index in [0.29, 0.717) is 5.56 Å². The zero-order valence-electron chi connectivity index (χ0n) is 10.6. The molecule has 2 aromatic rings. The predicted molar refractivity (Wildman–Crippen MR) is 74.9 cm³/mol. The van der Waals surface area contributed by atoms with E-state index in [1.54, 1.807) is 24.3 Å². The standard InChI is InChI=1S/C15H11BrF2O2/c1-9(15(19)10-2-4-11(16)5-3-10)20-14-7-12(17)6-13(18)8-14/h2-9H,1H3. The van der Waals surface area contributed by atoms with Crippen LogP contribution in [0.5, 0.6) is 5.75 Å². The predicted octanol–water partition coefficient (Wildman–Crippen LogP) is 4.38. The Hall–Kier alpha value is -1.75. The normalized spacial score (nSPS) is 12.0. The number of carbonyl (C=O) groups excluding carboxylic acids is 1. The van der Waals surface area contributed by atoms with Crippen LogP contribution in [0.3, 0.4) is 0 Å². The van der Waals surface area contributed by atoms with E-state index in [-0.39, 0.29) is 11.5 Å². The number of ketones is 1. The lowest BCUT2D eigenvalue weighted by Crippen LogP contribution is -2.24. The number of Topliss-reactive ketones (excluding diaryl/α,β-unsaturated/α-hetero) is 1. The molecule has 20 heavy (non-hydrogen) atoms. The fraction of sp³-hybridized carbons (Fsp3) is 0.133. The number of hydrogen-bond donors (Lipinski definition) is 0. The minimum Gasteiger partial charge on any atom is -0.482 e. The van der Waals surface area contributed by atoms with Crippen molar-refractivity contribution >= 4 is 21.7 Å². The van der Waals surface area contributed by atoms with Crippen molar-refractivity contribution in [3.05, 3.63) is 64.1 Å². The summed E-state index contributed by atoms with van der Waals surface area (Å²) in [7, 11) is 0. The number of hydrogen-bond acceptors (Lipinski definition) is 2. The van der Waals surface area contributed by atoms with Crippen molar-refractivity contribution in [2.45, 2.75) is 13.0 Å². The van der Waals surface area contributed by atoms with Gasteiger partial charge in [-0.05, 0) is 19.1 Å². The lowest BCUT2D eigenvalue weighted by molar-refractivity contribution is 0.0817. The molecule has 1 atom stereocenters. The lowest BCUT2D eigenvalue weighted by atomic mass is 10.1. The molecule has 5 heteroatoms. The van der Waals surface area contributed by atoms with Crippen LogP contribution >= 0.6 is 15.9 Å². The highest BCUT2D eigenvalue weighted by molar-refractivity contribution is 9.10. The van der Waals surface area contributed by atoms with Gasteiger partial charge in [0.2, 0.25) is 5.78 Å². The van der Waals surface area contributed by atoms with Crippen molar-refractivity contribution in [3.63, 3.8) is 0 Å². The summed E-state index contributed by atoms with van der Waals surface area (Å²) >= 11 is 3.28. The molecule has 0 aliphatic rings.